The Morgan fingerprint density at radius 1 is 1.09 bits per heavy atom. The molecule has 0 N–H and O–H groups in total. The van der Waals surface area contributed by atoms with Gasteiger partial charge in [-0.3, -0.25) is 29.4 Å². The summed E-state index contributed by atoms with van der Waals surface area (Å²) < 4.78 is 0. The van der Waals surface area contributed by atoms with Crippen molar-refractivity contribution in [3.8, 4) is 0 Å². The number of Topliss-reactive ketones (excluding diaryl/α,β-unsaturated/α-hetero) is 1. The molecule has 8 nitrogen and oxygen atoms in total. The zero-order chi connectivity index (χ0) is 22.7. The van der Waals surface area contributed by atoms with Crippen LogP contribution in [-0.2, 0) is 9.59 Å². The van der Waals surface area contributed by atoms with Crippen molar-refractivity contribution in [3.63, 3.8) is 0 Å². The number of nitro benzene ring substituents is 1. The molecule has 3 aliphatic rings. The molecule has 0 bridgehead atoms. The summed E-state index contributed by atoms with van der Waals surface area (Å²) in [7, 11) is 0. The average molecular weight is 454 g/mol. The first-order valence-electron chi connectivity index (χ1n) is 10.5. The van der Waals surface area contributed by atoms with Crippen molar-refractivity contribution >= 4 is 40.6 Å². The number of carbonyl (C=O) groups is 3. The fourth-order valence-corrected chi connectivity index (χ4v) is 5.67. The number of aryl methyl sites for hydroxylation is 1. The Balaban J connectivity index is 1.54. The van der Waals surface area contributed by atoms with Crippen molar-refractivity contribution in [2.45, 2.75) is 31.8 Å². The largest absolute Gasteiger partial charge is 0.292 e. The topological polar surface area (TPSA) is 101 Å². The van der Waals surface area contributed by atoms with E-state index < -0.39 is 28.7 Å². The second kappa shape index (κ2) is 7.50. The number of benzene rings is 2. The maximum atomic E-state index is 13.6. The maximum absolute atomic E-state index is 13.6. The van der Waals surface area contributed by atoms with Crippen molar-refractivity contribution in [2.24, 2.45) is 11.8 Å². The fraction of sp³-hybridized carbons (Fsp3) is 0.348. The molecule has 4 unspecified atom stereocenters. The number of non-ortho nitro benzene ring substituents is 1. The van der Waals surface area contributed by atoms with Gasteiger partial charge in [-0.15, -0.1) is 0 Å². The number of nitro groups is 1. The third-order valence-corrected chi connectivity index (χ3v) is 7.13. The Labute approximate surface area is 188 Å². The molecule has 164 valence electrons. The van der Waals surface area contributed by atoms with Gasteiger partial charge in [0.15, 0.2) is 5.78 Å². The van der Waals surface area contributed by atoms with E-state index in [0.717, 1.165) is 17.7 Å². The molecule has 3 saturated heterocycles. The summed E-state index contributed by atoms with van der Waals surface area (Å²) in [6.45, 7) is 2.30. The lowest BCUT2D eigenvalue weighted by molar-refractivity contribution is -0.384. The molecule has 0 radical (unpaired) electrons. The number of ketones is 1. The van der Waals surface area contributed by atoms with Crippen LogP contribution in [0, 0.1) is 28.9 Å². The smallest absolute Gasteiger partial charge is 0.269 e. The Morgan fingerprint density at radius 3 is 2.44 bits per heavy atom. The third-order valence-electron chi connectivity index (χ3n) is 6.88. The number of anilines is 1. The zero-order valence-corrected chi connectivity index (χ0v) is 18.0. The predicted molar refractivity (Wildman–Crippen MR) is 117 cm³/mol. The summed E-state index contributed by atoms with van der Waals surface area (Å²) >= 11 is 5.96. The first kappa shape index (κ1) is 20.8. The molecule has 3 fully saturated rings. The van der Waals surface area contributed by atoms with Crippen LogP contribution < -0.4 is 4.90 Å². The third kappa shape index (κ3) is 2.97. The summed E-state index contributed by atoms with van der Waals surface area (Å²) in [5.74, 6) is -2.31. The molecule has 2 aromatic rings. The van der Waals surface area contributed by atoms with E-state index in [4.69, 9.17) is 11.6 Å². The summed E-state index contributed by atoms with van der Waals surface area (Å²) in [4.78, 5) is 54.2. The summed E-state index contributed by atoms with van der Waals surface area (Å²) in [5, 5.41) is 11.6. The van der Waals surface area contributed by atoms with Gasteiger partial charge >= 0.3 is 0 Å². The molecule has 0 aromatic heterocycles. The molecule has 3 aliphatic heterocycles. The minimum atomic E-state index is -0.773. The van der Waals surface area contributed by atoms with Crippen molar-refractivity contribution in [1.29, 1.82) is 0 Å². The lowest BCUT2D eigenvalue weighted by Crippen LogP contribution is -2.46. The average Bonchev–Trinajstić information content (AvgIpc) is 3.40. The molecule has 2 amide bonds. The van der Waals surface area contributed by atoms with Crippen LogP contribution in [-0.4, -0.2) is 46.0 Å². The van der Waals surface area contributed by atoms with Gasteiger partial charge in [-0.25, -0.2) is 4.90 Å². The van der Waals surface area contributed by atoms with Crippen molar-refractivity contribution < 1.29 is 19.3 Å². The van der Waals surface area contributed by atoms with Gasteiger partial charge in [0.25, 0.3) is 5.69 Å². The Kier molecular flexibility index (Phi) is 4.87. The van der Waals surface area contributed by atoms with Crippen molar-refractivity contribution in [2.75, 3.05) is 11.4 Å². The molecule has 3 heterocycles. The Bertz CT molecular complexity index is 1160. The van der Waals surface area contributed by atoms with E-state index in [9.17, 15) is 24.5 Å². The summed E-state index contributed by atoms with van der Waals surface area (Å²) in [6, 6.07) is 9.75. The first-order valence-corrected chi connectivity index (χ1v) is 10.9. The molecule has 0 aliphatic carbocycles. The highest BCUT2D eigenvalue weighted by Crippen LogP contribution is 2.49. The van der Waals surface area contributed by atoms with E-state index in [0.29, 0.717) is 28.4 Å². The molecule has 0 saturated carbocycles. The molecule has 0 spiro atoms. The lowest BCUT2D eigenvalue weighted by atomic mass is 9.85. The first-order chi connectivity index (χ1) is 15.3. The van der Waals surface area contributed by atoms with Crippen LogP contribution >= 0.6 is 11.6 Å². The number of hydrogen-bond acceptors (Lipinski definition) is 6. The number of hydrogen-bond donors (Lipinski definition) is 0. The van der Waals surface area contributed by atoms with Gasteiger partial charge in [0, 0.05) is 28.8 Å². The van der Waals surface area contributed by atoms with Gasteiger partial charge in [0.1, 0.15) is 0 Å². The number of amides is 2. The Morgan fingerprint density at radius 2 is 1.78 bits per heavy atom. The lowest BCUT2D eigenvalue weighted by Gasteiger charge is -2.28. The van der Waals surface area contributed by atoms with E-state index in [-0.39, 0.29) is 23.4 Å². The van der Waals surface area contributed by atoms with Crippen molar-refractivity contribution in [3.05, 3.63) is 68.7 Å². The molecular weight excluding hydrogens is 434 g/mol. The van der Waals surface area contributed by atoms with E-state index in [1.807, 2.05) is 4.90 Å². The fourth-order valence-electron chi connectivity index (χ4n) is 5.54. The molecule has 4 atom stereocenters. The van der Waals surface area contributed by atoms with Gasteiger partial charge in [0.05, 0.1) is 28.5 Å². The number of rotatable bonds is 4. The number of carbonyl (C=O) groups excluding carboxylic acids is 3. The standard InChI is InChI=1S/C23H20ClN3O5/c1-12-11-15(27(31)32)8-9-16(12)26-22(29)18-17-3-2-10-25(17)20(19(18)23(26)30)21(28)13-4-6-14(24)7-5-13/h4-9,11,17-20H,2-3,10H2,1H3. The monoisotopic (exact) mass is 453 g/mol. The van der Waals surface area contributed by atoms with Crippen LogP contribution in [0.15, 0.2) is 42.5 Å². The SMILES string of the molecule is Cc1cc([N+](=O)[O-])ccc1N1C(=O)C2C(C1=O)C(C(=O)c1ccc(Cl)cc1)N1CCCC21. The highest BCUT2D eigenvalue weighted by molar-refractivity contribution is 6.30. The molecule has 9 heteroatoms. The number of fused-ring (bicyclic) bond motifs is 3. The van der Waals surface area contributed by atoms with Crippen LogP contribution in [0.25, 0.3) is 0 Å². The van der Waals surface area contributed by atoms with Crippen LogP contribution in [0.2, 0.25) is 5.02 Å². The maximum Gasteiger partial charge on any atom is 0.269 e. The van der Waals surface area contributed by atoms with Crippen LogP contribution in [0.3, 0.4) is 0 Å². The molecular formula is C23H20ClN3O5. The summed E-state index contributed by atoms with van der Waals surface area (Å²) in [6.07, 6.45) is 1.61. The van der Waals surface area contributed by atoms with Crippen LogP contribution in [0.4, 0.5) is 11.4 Å². The summed E-state index contributed by atoms with van der Waals surface area (Å²) in [5.41, 5.74) is 1.14. The van der Waals surface area contributed by atoms with Gasteiger partial charge < -0.3 is 0 Å². The van der Waals surface area contributed by atoms with Crippen molar-refractivity contribution in [1.82, 2.24) is 4.90 Å². The number of halogens is 1. The van der Waals surface area contributed by atoms with Gasteiger partial charge in [-0.1, -0.05) is 11.6 Å². The minimum absolute atomic E-state index is 0.108. The van der Waals surface area contributed by atoms with Gasteiger partial charge in [-0.05, 0) is 62.2 Å². The second-order valence-corrected chi connectivity index (χ2v) is 8.99. The second-order valence-electron chi connectivity index (χ2n) is 8.55. The van der Waals surface area contributed by atoms with Gasteiger partial charge in [-0.2, -0.15) is 0 Å². The van der Waals surface area contributed by atoms with E-state index >= 15 is 0 Å². The van der Waals surface area contributed by atoms with E-state index in [2.05, 4.69) is 0 Å². The van der Waals surface area contributed by atoms with Crippen LogP contribution in [0.5, 0.6) is 0 Å². The Hall–Kier alpha value is -3.10. The van der Waals surface area contributed by atoms with E-state index in [1.54, 1.807) is 31.2 Å². The number of nitrogens with zero attached hydrogens (tertiary/aromatic N) is 3. The highest BCUT2D eigenvalue weighted by Gasteiger charge is 2.64. The van der Waals surface area contributed by atoms with Crippen LogP contribution in [0.1, 0.15) is 28.8 Å². The van der Waals surface area contributed by atoms with E-state index in [1.165, 1.54) is 18.2 Å². The molecule has 2 aromatic carbocycles. The minimum Gasteiger partial charge on any atom is -0.292 e. The molecule has 32 heavy (non-hydrogen) atoms. The normalized spacial score (nSPS) is 27.0. The number of imide groups is 1. The van der Waals surface area contributed by atoms with Gasteiger partial charge in [0.2, 0.25) is 11.8 Å². The molecule has 5 rings (SSSR count). The quantitative estimate of drug-likeness (QED) is 0.304. The predicted octanol–water partition coefficient (Wildman–Crippen LogP) is 3.39. The highest BCUT2D eigenvalue weighted by atomic mass is 35.5. The zero-order valence-electron chi connectivity index (χ0n) is 17.2.